The average Bonchev–Trinajstić information content (AvgIpc) is 2.63. The van der Waals surface area contributed by atoms with Gasteiger partial charge in [0.25, 0.3) is 0 Å². The number of hydrogen-bond donors (Lipinski definition) is 2. The molecule has 156 valence electrons. The molecule has 2 rings (SSSR count). The maximum atomic E-state index is 12.8. The number of nitrogens with one attached hydrogen (secondary N) is 2. The van der Waals surface area contributed by atoms with E-state index in [1.807, 2.05) is 0 Å². The Morgan fingerprint density at radius 3 is 2.61 bits per heavy atom. The van der Waals surface area contributed by atoms with Gasteiger partial charge in [0.15, 0.2) is 0 Å². The second-order valence-electron chi connectivity index (χ2n) is 6.71. The summed E-state index contributed by atoms with van der Waals surface area (Å²) < 4.78 is 43.1. The third kappa shape index (κ3) is 7.38. The Kier molecular flexibility index (Phi) is 8.10. The Morgan fingerprint density at radius 1 is 1.25 bits per heavy atom. The first-order valence-electron chi connectivity index (χ1n) is 9.36. The van der Waals surface area contributed by atoms with E-state index in [4.69, 9.17) is 4.74 Å². The minimum atomic E-state index is -4.34. The van der Waals surface area contributed by atoms with Crippen LogP contribution in [0.5, 0.6) is 0 Å². The number of piperidine rings is 1. The first-order chi connectivity index (χ1) is 13.3. The molecule has 0 saturated carbocycles. The smallest absolute Gasteiger partial charge is 0.416 e. The second-order valence-corrected chi connectivity index (χ2v) is 6.71. The molecule has 0 radical (unpaired) electrons. The Bertz CT molecular complexity index is 659. The van der Waals surface area contributed by atoms with E-state index in [9.17, 15) is 22.8 Å². The van der Waals surface area contributed by atoms with Crippen molar-refractivity contribution in [3.8, 4) is 0 Å². The molecule has 1 aliphatic heterocycles. The van der Waals surface area contributed by atoms with Crippen molar-refractivity contribution in [2.24, 2.45) is 0 Å². The number of halogens is 3. The lowest BCUT2D eigenvalue weighted by Gasteiger charge is -2.32. The molecular formula is C19H26F3N3O3. The third-order valence-corrected chi connectivity index (χ3v) is 4.51. The van der Waals surface area contributed by atoms with Gasteiger partial charge in [-0.3, -0.25) is 9.69 Å². The molecule has 1 heterocycles. The predicted molar refractivity (Wildman–Crippen MR) is 97.5 cm³/mol. The van der Waals surface area contributed by atoms with E-state index in [2.05, 4.69) is 15.5 Å². The molecule has 0 unspecified atom stereocenters. The van der Waals surface area contributed by atoms with Crippen LogP contribution in [0.4, 0.5) is 18.0 Å². The Labute approximate surface area is 162 Å². The summed E-state index contributed by atoms with van der Waals surface area (Å²) >= 11 is 0. The number of alkyl halides is 3. The molecule has 9 heteroatoms. The highest BCUT2D eigenvalue weighted by molar-refractivity contribution is 5.77. The van der Waals surface area contributed by atoms with Gasteiger partial charge in [-0.2, -0.15) is 13.2 Å². The first kappa shape index (κ1) is 22.0. The van der Waals surface area contributed by atoms with Gasteiger partial charge in [0.1, 0.15) is 0 Å². The molecule has 0 aromatic heterocycles. The summed E-state index contributed by atoms with van der Waals surface area (Å²) in [6.07, 6.45) is -3.25. The topological polar surface area (TPSA) is 70.7 Å². The van der Waals surface area contributed by atoms with Crippen LogP contribution in [0.15, 0.2) is 24.3 Å². The lowest BCUT2D eigenvalue weighted by molar-refractivity contribution is -0.137. The minimum Gasteiger partial charge on any atom is -0.450 e. The van der Waals surface area contributed by atoms with Gasteiger partial charge in [0.2, 0.25) is 5.91 Å². The van der Waals surface area contributed by atoms with Gasteiger partial charge in [0.05, 0.1) is 12.2 Å². The van der Waals surface area contributed by atoms with Crippen molar-refractivity contribution < 1.29 is 27.5 Å². The molecule has 0 aliphatic carbocycles. The van der Waals surface area contributed by atoms with E-state index < -0.39 is 17.8 Å². The van der Waals surface area contributed by atoms with Crippen molar-refractivity contribution in [3.05, 3.63) is 35.4 Å². The highest BCUT2D eigenvalue weighted by Crippen LogP contribution is 2.30. The Morgan fingerprint density at radius 2 is 1.96 bits per heavy atom. The average molecular weight is 401 g/mol. The molecule has 6 nitrogen and oxygen atoms in total. The van der Waals surface area contributed by atoms with Crippen molar-refractivity contribution in [2.75, 3.05) is 26.2 Å². The number of rotatable bonds is 7. The van der Waals surface area contributed by atoms with Gasteiger partial charge in [-0.25, -0.2) is 4.79 Å². The van der Waals surface area contributed by atoms with Gasteiger partial charge >= 0.3 is 12.3 Å². The molecule has 0 atom stereocenters. The van der Waals surface area contributed by atoms with Gasteiger partial charge in [-0.1, -0.05) is 18.2 Å². The summed E-state index contributed by atoms with van der Waals surface area (Å²) in [5.74, 6) is -0.145. The Balaban J connectivity index is 1.70. The van der Waals surface area contributed by atoms with Crippen LogP contribution in [0.3, 0.4) is 0 Å². The van der Waals surface area contributed by atoms with Crippen LogP contribution in [0.1, 0.15) is 37.3 Å². The van der Waals surface area contributed by atoms with Crippen molar-refractivity contribution >= 4 is 12.0 Å². The summed E-state index contributed by atoms with van der Waals surface area (Å²) in [6, 6.07) is 5.41. The third-order valence-electron chi connectivity index (χ3n) is 4.51. The van der Waals surface area contributed by atoms with Crippen LogP contribution in [-0.2, 0) is 22.3 Å². The van der Waals surface area contributed by atoms with E-state index in [0.717, 1.165) is 18.9 Å². The molecule has 1 aliphatic rings. The summed E-state index contributed by atoms with van der Waals surface area (Å²) in [6.45, 7) is 4.03. The zero-order valence-corrected chi connectivity index (χ0v) is 15.8. The van der Waals surface area contributed by atoms with E-state index in [1.165, 1.54) is 12.1 Å². The Hall–Kier alpha value is -2.29. The fourth-order valence-electron chi connectivity index (χ4n) is 3.10. The highest BCUT2D eigenvalue weighted by Gasteiger charge is 2.30. The quantitative estimate of drug-likeness (QED) is 0.737. The van der Waals surface area contributed by atoms with Gasteiger partial charge in [-0.05, 0) is 31.4 Å². The van der Waals surface area contributed by atoms with Crippen LogP contribution in [0, 0.1) is 0 Å². The number of hydrogen-bond acceptors (Lipinski definition) is 4. The normalized spacial score (nSPS) is 15.9. The number of ether oxygens (including phenoxy) is 1. The molecule has 0 spiro atoms. The maximum absolute atomic E-state index is 12.8. The summed E-state index contributed by atoms with van der Waals surface area (Å²) in [5.41, 5.74) is -0.00840. The van der Waals surface area contributed by atoms with Gasteiger partial charge < -0.3 is 15.4 Å². The predicted octanol–water partition coefficient (Wildman–Crippen LogP) is 2.92. The van der Waals surface area contributed by atoms with Crippen LogP contribution in [-0.4, -0.2) is 49.2 Å². The largest absolute Gasteiger partial charge is 0.450 e. The number of carbonyl (C=O) groups is 2. The summed E-state index contributed by atoms with van der Waals surface area (Å²) in [5, 5.41) is 5.42. The SMILES string of the molecule is CCOC(=O)NCCC(=O)NC1CCN(Cc2cccc(C(F)(F)F)c2)CC1. The standard InChI is InChI=1S/C19H26F3N3O3/c1-2-28-18(27)23-9-6-17(26)24-16-7-10-25(11-8-16)13-14-4-3-5-15(12-14)19(20,21)22/h3-5,12,16H,2,6-11,13H2,1H3,(H,23,27)(H,24,26). The van der Waals surface area contributed by atoms with Crippen LogP contribution in [0.2, 0.25) is 0 Å². The molecule has 1 saturated heterocycles. The van der Waals surface area contributed by atoms with Gasteiger partial charge in [0, 0.05) is 38.6 Å². The minimum absolute atomic E-state index is 0.0350. The molecular weight excluding hydrogens is 375 g/mol. The number of benzene rings is 1. The molecule has 1 aromatic carbocycles. The molecule has 0 bridgehead atoms. The number of nitrogens with zero attached hydrogens (tertiary/aromatic N) is 1. The number of carbonyl (C=O) groups excluding carboxylic acids is 2. The molecule has 1 fully saturated rings. The molecule has 2 amide bonds. The lowest BCUT2D eigenvalue weighted by Crippen LogP contribution is -2.45. The van der Waals surface area contributed by atoms with Crippen molar-refractivity contribution in [3.63, 3.8) is 0 Å². The first-order valence-corrected chi connectivity index (χ1v) is 9.36. The summed E-state index contributed by atoms with van der Waals surface area (Å²) in [7, 11) is 0. The number of amides is 2. The molecule has 1 aromatic rings. The highest BCUT2D eigenvalue weighted by atomic mass is 19.4. The second kappa shape index (κ2) is 10.3. The van der Waals surface area contributed by atoms with E-state index >= 15 is 0 Å². The van der Waals surface area contributed by atoms with Gasteiger partial charge in [-0.15, -0.1) is 0 Å². The number of alkyl carbamates (subject to hydrolysis) is 1. The molecule has 28 heavy (non-hydrogen) atoms. The van der Waals surface area contributed by atoms with E-state index in [-0.39, 0.29) is 31.5 Å². The lowest BCUT2D eigenvalue weighted by atomic mass is 10.0. The fraction of sp³-hybridized carbons (Fsp3) is 0.579. The maximum Gasteiger partial charge on any atom is 0.416 e. The van der Waals surface area contributed by atoms with Crippen LogP contribution in [0.25, 0.3) is 0 Å². The van der Waals surface area contributed by atoms with E-state index in [0.29, 0.717) is 25.2 Å². The van der Waals surface area contributed by atoms with Crippen LogP contribution < -0.4 is 10.6 Å². The number of likely N-dealkylation sites (tertiary alicyclic amines) is 1. The van der Waals surface area contributed by atoms with Crippen molar-refractivity contribution in [1.29, 1.82) is 0 Å². The van der Waals surface area contributed by atoms with Crippen LogP contribution >= 0.6 is 0 Å². The van der Waals surface area contributed by atoms with E-state index in [1.54, 1.807) is 13.0 Å². The fourth-order valence-corrected chi connectivity index (χ4v) is 3.10. The summed E-state index contributed by atoms with van der Waals surface area (Å²) in [4.78, 5) is 25.2. The zero-order valence-electron chi connectivity index (χ0n) is 15.8. The monoisotopic (exact) mass is 401 g/mol. The zero-order chi connectivity index (χ0) is 20.6. The van der Waals surface area contributed by atoms with Crippen molar-refractivity contribution in [2.45, 2.75) is 44.9 Å². The van der Waals surface area contributed by atoms with Crippen molar-refractivity contribution in [1.82, 2.24) is 15.5 Å². The molecule has 2 N–H and O–H groups in total.